The molecule has 0 aliphatic rings. The standard InChI is InChI=1S/C15H28N4O/c1-6-19(12(2)11-18(3)4)14(9-16)13-7-8-15(20-5)17-10-13/h7-8,10,12,14H,6,9,11,16H2,1-5H3. The van der Waals surface area contributed by atoms with Crippen molar-refractivity contribution in [3.05, 3.63) is 23.9 Å². The first-order valence-electron chi connectivity index (χ1n) is 7.13. The molecule has 0 fully saturated rings. The molecule has 5 nitrogen and oxygen atoms in total. The van der Waals surface area contributed by atoms with Crippen LogP contribution in [-0.2, 0) is 0 Å². The molecule has 0 aliphatic carbocycles. The summed E-state index contributed by atoms with van der Waals surface area (Å²) in [5.74, 6) is 0.633. The van der Waals surface area contributed by atoms with Crippen molar-refractivity contribution in [1.82, 2.24) is 14.8 Å². The van der Waals surface area contributed by atoms with Gasteiger partial charge in [-0.05, 0) is 33.1 Å². The number of ether oxygens (including phenoxy) is 1. The van der Waals surface area contributed by atoms with Crippen LogP contribution >= 0.6 is 0 Å². The van der Waals surface area contributed by atoms with Crippen LogP contribution in [0.3, 0.4) is 0 Å². The van der Waals surface area contributed by atoms with Gasteiger partial charge in [0.15, 0.2) is 0 Å². The first-order chi connectivity index (χ1) is 9.53. The number of pyridine rings is 1. The second-order valence-corrected chi connectivity index (χ2v) is 5.33. The molecule has 0 saturated carbocycles. The molecule has 0 amide bonds. The van der Waals surface area contributed by atoms with Gasteiger partial charge in [-0.2, -0.15) is 0 Å². The number of nitrogens with zero attached hydrogens (tertiary/aromatic N) is 3. The van der Waals surface area contributed by atoms with E-state index < -0.39 is 0 Å². The molecule has 1 aromatic heterocycles. The van der Waals surface area contributed by atoms with Crippen LogP contribution in [0.5, 0.6) is 5.88 Å². The van der Waals surface area contributed by atoms with Gasteiger partial charge in [0.05, 0.1) is 7.11 Å². The molecule has 0 spiro atoms. The molecule has 0 saturated heterocycles. The van der Waals surface area contributed by atoms with Crippen molar-refractivity contribution in [3.63, 3.8) is 0 Å². The van der Waals surface area contributed by atoms with Gasteiger partial charge in [0.2, 0.25) is 5.88 Å². The first-order valence-corrected chi connectivity index (χ1v) is 7.13. The quantitative estimate of drug-likeness (QED) is 0.779. The molecule has 0 aromatic carbocycles. The van der Waals surface area contributed by atoms with Crippen molar-refractivity contribution in [2.24, 2.45) is 5.73 Å². The van der Waals surface area contributed by atoms with Crippen LogP contribution in [0.25, 0.3) is 0 Å². The lowest BCUT2D eigenvalue weighted by atomic mass is 10.1. The molecule has 2 atom stereocenters. The molecule has 20 heavy (non-hydrogen) atoms. The zero-order valence-corrected chi connectivity index (χ0v) is 13.3. The minimum Gasteiger partial charge on any atom is -0.481 e. The lowest BCUT2D eigenvalue weighted by Crippen LogP contribution is -2.44. The Hall–Kier alpha value is -1.17. The average molecular weight is 280 g/mol. The molecule has 2 N–H and O–H groups in total. The summed E-state index contributed by atoms with van der Waals surface area (Å²) in [5, 5.41) is 0. The highest BCUT2D eigenvalue weighted by Gasteiger charge is 2.23. The van der Waals surface area contributed by atoms with Crippen molar-refractivity contribution >= 4 is 0 Å². The van der Waals surface area contributed by atoms with Crippen molar-refractivity contribution in [2.45, 2.75) is 25.9 Å². The van der Waals surface area contributed by atoms with Gasteiger partial charge >= 0.3 is 0 Å². The van der Waals surface area contributed by atoms with E-state index in [-0.39, 0.29) is 6.04 Å². The fourth-order valence-electron chi connectivity index (χ4n) is 2.65. The SMILES string of the molecule is CCN(C(C)CN(C)C)C(CN)c1ccc(OC)nc1. The predicted octanol–water partition coefficient (Wildman–Crippen LogP) is 1.36. The summed E-state index contributed by atoms with van der Waals surface area (Å²) < 4.78 is 5.11. The average Bonchev–Trinajstić information content (AvgIpc) is 2.43. The maximum absolute atomic E-state index is 6.01. The molecule has 0 aliphatic heterocycles. The zero-order chi connectivity index (χ0) is 15.1. The van der Waals surface area contributed by atoms with Crippen LogP contribution in [0.15, 0.2) is 18.3 Å². The number of rotatable bonds is 8. The zero-order valence-electron chi connectivity index (χ0n) is 13.3. The Morgan fingerprint density at radius 1 is 1.35 bits per heavy atom. The largest absolute Gasteiger partial charge is 0.481 e. The smallest absolute Gasteiger partial charge is 0.212 e. The third-order valence-corrected chi connectivity index (χ3v) is 3.54. The Kier molecular flexibility index (Phi) is 6.91. The Morgan fingerprint density at radius 3 is 2.45 bits per heavy atom. The lowest BCUT2D eigenvalue weighted by molar-refractivity contribution is 0.130. The van der Waals surface area contributed by atoms with E-state index in [1.54, 1.807) is 7.11 Å². The summed E-state index contributed by atoms with van der Waals surface area (Å²) in [6, 6.07) is 4.57. The van der Waals surface area contributed by atoms with Gasteiger partial charge in [0, 0.05) is 37.4 Å². The van der Waals surface area contributed by atoms with Crippen LogP contribution in [0, 0.1) is 0 Å². The number of methoxy groups -OCH3 is 1. The number of hydrogen-bond donors (Lipinski definition) is 1. The summed E-state index contributed by atoms with van der Waals surface area (Å²) in [7, 11) is 5.81. The van der Waals surface area contributed by atoms with E-state index in [1.807, 2.05) is 12.3 Å². The molecule has 1 heterocycles. The van der Waals surface area contributed by atoms with Crippen molar-refractivity contribution in [3.8, 4) is 5.88 Å². The summed E-state index contributed by atoms with van der Waals surface area (Å²) in [6.07, 6.45) is 1.86. The fourth-order valence-corrected chi connectivity index (χ4v) is 2.65. The monoisotopic (exact) mass is 280 g/mol. The van der Waals surface area contributed by atoms with Gasteiger partial charge in [0.1, 0.15) is 0 Å². The van der Waals surface area contributed by atoms with Gasteiger partial charge in [-0.25, -0.2) is 4.98 Å². The minimum absolute atomic E-state index is 0.188. The molecular formula is C15H28N4O. The van der Waals surface area contributed by atoms with Crippen LogP contribution < -0.4 is 10.5 Å². The van der Waals surface area contributed by atoms with Crippen LogP contribution in [0.2, 0.25) is 0 Å². The second-order valence-electron chi connectivity index (χ2n) is 5.33. The summed E-state index contributed by atoms with van der Waals surface area (Å²) in [6.45, 7) is 6.96. The minimum atomic E-state index is 0.188. The predicted molar refractivity (Wildman–Crippen MR) is 83.0 cm³/mol. The maximum atomic E-state index is 6.01. The van der Waals surface area contributed by atoms with Gasteiger partial charge in [0.25, 0.3) is 0 Å². The third-order valence-electron chi connectivity index (χ3n) is 3.54. The summed E-state index contributed by atoms with van der Waals surface area (Å²) >= 11 is 0. The van der Waals surface area contributed by atoms with Gasteiger partial charge in [-0.15, -0.1) is 0 Å². The van der Waals surface area contributed by atoms with Crippen LogP contribution in [0.4, 0.5) is 0 Å². The van der Waals surface area contributed by atoms with Gasteiger partial charge in [-0.3, -0.25) is 4.90 Å². The van der Waals surface area contributed by atoms with E-state index in [1.165, 1.54) is 0 Å². The van der Waals surface area contributed by atoms with E-state index in [2.05, 4.69) is 48.8 Å². The molecule has 1 rings (SSSR count). The number of nitrogens with two attached hydrogens (primary N) is 1. The first kappa shape index (κ1) is 16.9. The molecule has 114 valence electrons. The molecule has 0 bridgehead atoms. The number of hydrogen-bond acceptors (Lipinski definition) is 5. The molecule has 2 unspecified atom stereocenters. The van der Waals surface area contributed by atoms with E-state index >= 15 is 0 Å². The van der Waals surface area contributed by atoms with Crippen LogP contribution in [-0.4, -0.2) is 61.7 Å². The highest BCUT2D eigenvalue weighted by atomic mass is 16.5. The Morgan fingerprint density at radius 2 is 2.05 bits per heavy atom. The number of aromatic nitrogens is 1. The molecule has 0 radical (unpaired) electrons. The Balaban J connectivity index is 2.89. The van der Waals surface area contributed by atoms with Gasteiger partial charge in [-0.1, -0.05) is 13.0 Å². The van der Waals surface area contributed by atoms with Crippen LogP contribution in [0.1, 0.15) is 25.5 Å². The van der Waals surface area contributed by atoms with E-state index in [0.29, 0.717) is 18.5 Å². The Bertz CT molecular complexity index is 380. The molecule has 1 aromatic rings. The summed E-state index contributed by atoms with van der Waals surface area (Å²) in [4.78, 5) is 8.91. The van der Waals surface area contributed by atoms with Crippen molar-refractivity contribution in [2.75, 3.05) is 40.8 Å². The van der Waals surface area contributed by atoms with Crippen molar-refractivity contribution < 1.29 is 4.74 Å². The van der Waals surface area contributed by atoms with Gasteiger partial charge < -0.3 is 15.4 Å². The number of likely N-dealkylation sites (N-methyl/N-ethyl adjacent to an activating group) is 2. The van der Waals surface area contributed by atoms with E-state index in [0.717, 1.165) is 18.7 Å². The highest BCUT2D eigenvalue weighted by molar-refractivity contribution is 5.21. The topological polar surface area (TPSA) is 54.6 Å². The van der Waals surface area contributed by atoms with Crippen molar-refractivity contribution in [1.29, 1.82) is 0 Å². The summed E-state index contributed by atoms with van der Waals surface area (Å²) in [5.41, 5.74) is 7.15. The third kappa shape index (κ3) is 4.44. The molecular weight excluding hydrogens is 252 g/mol. The Labute approximate surface area is 122 Å². The van der Waals surface area contributed by atoms with E-state index in [4.69, 9.17) is 10.5 Å². The molecule has 5 heteroatoms. The highest BCUT2D eigenvalue weighted by Crippen LogP contribution is 2.22. The fraction of sp³-hybridized carbons (Fsp3) is 0.667. The lowest BCUT2D eigenvalue weighted by Gasteiger charge is -2.36. The normalized spacial score (nSPS) is 14.6. The second kappa shape index (κ2) is 8.19. The maximum Gasteiger partial charge on any atom is 0.212 e. The van der Waals surface area contributed by atoms with E-state index in [9.17, 15) is 0 Å².